The molecular formula is C20H16F2O3. The SMILES string of the molecule is O=C1/C(=C\c2ccc(O)c(F)c2)CCC/C1=C\c1ccc(O)c(F)c1. The molecule has 2 aromatic rings. The summed E-state index contributed by atoms with van der Waals surface area (Å²) in [6, 6.07) is 7.89. The van der Waals surface area contributed by atoms with Crippen LogP contribution in [0.4, 0.5) is 8.78 Å². The van der Waals surface area contributed by atoms with Crippen molar-refractivity contribution in [1.29, 1.82) is 0 Å². The van der Waals surface area contributed by atoms with Gasteiger partial charge in [-0.05, 0) is 66.8 Å². The maximum atomic E-state index is 13.4. The van der Waals surface area contributed by atoms with Gasteiger partial charge < -0.3 is 10.2 Å². The molecule has 0 atom stereocenters. The van der Waals surface area contributed by atoms with Crippen molar-refractivity contribution in [3.05, 3.63) is 70.3 Å². The van der Waals surface area contributed by atoms with E-state index in [1.165, 1.54) is 36.4 Å². The van der Waals surface area contributed by atoms with Gasteiger partial charge in [0.25, 0.3) is 0 Å². The predicted molar refractivity (Wildman–Crippen MR) is 90.9 cm³/mol. The third-order valence-corrected chi connectivity index (χ3v) is 4.10. The molecule has 128 valence electrons. The van der Waals surface area contributed by atoms with Crippen LogP contribution in [-0.2, 0) is 4.79 Å². The Labute approximate surface area is 143 Å². The van der Waals surface area contributed by atoms with Crippen LogP contribution >= 0.6 is 0 Å². The minimum absolute atomic E-state index is 0.159. The highest BCUT2D eigenvalue weighted by Gasteiger charge is 2.20. The Morgan fingerprint density at radius 3 is 1.64 bits per heavy atom. The van der Waals surface area contributed by atoms with Crippen LogP contribution in [0, 0.1) is 11.6 Å². The van der Waals surface area contributed by atoms with Crippen LogP contribution in [0.1, 0.15) is 30.4 Å². The Balaban J connectivity index is 1.89. The molecule has 25 heavy (non-hydrogen) atoms. The molecule has 0 heterocycles. The summed E-state index contributed by atoms with van der Waals surface area (Å²) in [5.74, 6) is -2.52. The smallest absolute Gasteiger partial charge is 0.185 e. The Hall–Kier alpha value is -2.95. The topological polar surface area (TPSA) is 57.5 Å². The molecule has 0 aliphatic heterocycles. The number of carbonyl (C=O) groups is 1. The number of rotatable bonds is 2. The molecule has 0 bridgehead atoms. The van der Waals surface area contributed by atoms with Crippen molar-refractivity contribution in [2.45, 2.75) is 19.3 Å². The highest BCUT2D eigenvalue weighted by molar-refractivity contribution is 6.13. The van der Waals surface area contributed by atoms with E-state index in [1.54, 1.807) is 12.2 Å². The van der Waals surface area contributed by atoms with Crippen LogP contribution < -0.4 is 0 Å². The van der Waals surface area contributed by atoms with Crippen molar-refractivity contribution < 1.29 is 23.8 Å². The first-order chi connectivity index (χ1) is 11.9. The molecule has 2 aromatic carbocycles. The number of carbonyl (C=O) groups excluding carboxylic acids is 1. The Bertz CT molecular complexity index is 826. The van der Waals surface area contributed by atoms with E-state index in [2.05, 4.69) is 0 Å². The standard InChI is InChI=1S/C20H16F2O3/c21-16-10-12(4-6-18(16)23)8-14-2-1-3-15(20(14)25)9-13-5-7-19(24)17(22)11-13/h4-11,23-24H,1-3H2/b14-8-,15-9+. The summed E-state index contributed by atoms with van der Waals surface area (Å²) in [7, 11) is 0. The molecule has 3 rings (SSSR count). The summed E-state index contributed by atoms with van der Waals surface area (Å²) < 4.78 is 26.9. The van der Waals surface area contributed by atoms with Crippen molar-refractivity contribution in [3.63, 3.8) is 0 Å². The zero-order valence-electron chi connectivity index (χ0n) is 13.3. The van der Waals surface area contributed by atoms with E-state index < -0.39 is 23.1 Å². The van der Waals surface area contributed by atoms with Gasteiger partial charge >= 0.3 is 0 Å². The van der Waals surface area contributed by atoms with Crippen molar-refractivity contribution >= 4 is 17.9 Å². The van der Waals surface area contributed by atoms with Crippen molar-refractivity contribution in [2.24, 2.45) is 0 Å². The lowest BCUT2D eigenvalue weighted by Gasteiger charge is -2.16. The van der Waals surface area contributed by atoms with Gasteiger partial charge in [0.1, 0.15) is 0 Å². The molecular weight excluding hydrogens is 326 g/mol. The van der Waals surface area contributed by atoms with Gasteiger partial charge in [-0.25, -0.2) is 8.78 Å². The zero-order chi connectivity index (χ0) is 18.0. The Morgan fingerprint density at radius 2 is 1.24 bits per heavy atom. The number of benzene rings is 2. The monoisotopic (exact) mass is 342 g/mol. The zero-order valence-corrected chi connectivity index (χ0v) is 13.3. The van der Waals surface area contributed by atoms with Crippen molar-refractivity contribution in [3.8, 4) is 11.5 Å². The second-order valence-electron chi connectivity index (χ2n) is 5.94. The average molecular weight is 342 g/mol. The van der Waals surface area contributed by atoms with Crippen LogP contribution in [0.15, 0.2) is 47.5 Å². The number of Topliss-reactive ketones (excluding diaryl/α,β-unsaturated/α-hetero) is 1. The predicted octanol–water partition coefficient (Wildman–Crippen LogP) is 4.60. The van der Waals surface area contributed by atoms with E-state index in [0.29, 0.717) is 35.1 Å². The molecule has 0 radical (unpaired) electrons. The number of hydrogen-bond donors (Lipinski definition) is 2. The fourth-order valence-corrected chi connectivity index (χ4v) is 2.81. The summed E-state index contributed by atoms with van der Waals surface area (Å²) in [5, 5.41) is 18.5. The van der Waals surface area contributed by atoms with Gasteiger partial charge in [0, 0.05) is 11.1 Å². The summed E-state index contributed by atoms with van der Waals surface area (Å²) in [4.78, 5) is 12.6. The highest BCUT2D eigenvalue weighted by atomic mass is 19.1. The molecule has 0 aromatic heterocycles. The molecule has 1 aliphatic carbocycles. The number of phenols is 2. The lowest BCUT2D eigenvalue weighted by atomic mass is 9.87. The summed E-state index contributed by atoms with van der Waals surface area (Å²) in [6.07, 6.45) is 5.11. The fraction of sp³-hybridized carbons (Fsp3) is 0.150. The first-order valence-electron chi connectivity index (χ1n) is 7.87. The van der Waals surface area contributed by atoms with Gasteiger partial charge in [0.15, 0.2) is 28.9 Å². The fourth-order valence-electron chi connectivity index (χ4n) is 2.81. The third kappa shape index (κ3) is 3.76. The lowest BCUT2D eigenvalue weighted by Crippen LogP contribution is -2.12. The van der Waals surface area contributed by atoms with E-state index in [0.717, 1.165) is 6.42 Å². The second kappa shape index (κ2) is 6.89. The van der Waals surface area contributed by atoms with Crippen LogP contribution in [0.25, 0.3) is 12.2 Å². The lowest BCUT2D eigenvalue weighted by molar-refractivity contribution is -0.112. The number of halogens is 2. The van der Waals surface area contributed by atoms with Crippen LogP contribution in [0.5, 0.6) is 11.5 Å². The first-order valence-corrected chi connectivity index (χ1v) is 7.87. The Morgan fingerprint density at radius 1 is 0.800 bits per heavy atom. The number of phenolic OH excluding ortho intramolecular Hbond substituents is 2. The van der Waals surface area contributed by atoms with Crippen molar-refractivity contribution in [2.75, 3.05) is 0 Å². The highest BCUT2D eigenvalue weighted by Crippen LogP contribution is 2.29. The molecule has 0 spiro atoms. The van der Waals surface area contributed by atoms with E-state index in [9.17, 15) is 23.8 Å². The number of allylic oxidation sites excluding steroid dienone is 2. The molecule has 2 N–H and O–H groups in total. The summed E-state index contributed by atoms with van der Waals surface area (Å²) >= 11 is 0. The van der Waals surface area contributed by atoms with Gasteiger partial charge in [0.05, 0.1) is 0 Å². The van der Waals surface area contributed by atoms with Crippen LogP contribution in [0.2, 0.25) is 0 Å². The molecule has 3 nitrogen and oxygen atoms in total. The Kier molecular flexibility index (Phi) is 4.65. The van der Waals surface area contributed by atoms with Crippen LogP contribution in [0.3, 0.4) is 0 Å². The maximum absolute atomic E-state index is 13.4. The molecule has 1 saturated carbocycles. The molecule has 1 fully saturated rings. The van der Waals surface area contributed by atoms with E-state index in [1.807, 2.05) is 0 Å². The first kappa shape index (κ1) is 16.9. The summed E-state index contributed by atoms with van der Waals surface area (Å²) in [5.41, 5.74) is 2.08. The molecule has 5 heteroatoms. The third-order valence-electron chi connectivity index (χ3n) is 4.10. The number of aromatic hydroxyl groups is 2. The molecule has 0 saturated heterocycles. The second-order valence-corrected chi connectivity index (χ2v) is 5.94. The van der Waals surface area contributed by atoms with E-state index in [-0.39, 0.29) is 5.78 Å². The average Bonchev–Trinajstić information content (AvgIpc) is 2.58. The molecule has 0 amide bonds. The summed E-state index contributed by atoms with van der Waals surface area (Å²) in [6.45, 7) is 0. The van der Waals surface area contributed by atoms with Gasteiger partial charge in [-0.1, -0.05) is 12.1 Å². The van der Waals surface area contributed by atoms with Crippen LogP contribution in [-0.4, -0.2) is 16.0 Å². The van der Waals surface area contributed by atoms with E-state index >= 15 is 0 Å². The maximum Gasteiger partial charge on any atom is 0.185 e. The van der Waals surface area contributed by atoms with Gasteiger partial charge in [-0.15, -0.1) is 0 Å². The quantitative estimate of drug-likeness (QED) is 0.785. The number of ketones is 1. The molecule has 0 unspecified atom stereocenters. The number of hydrogen-bond acceptors (Lipinski definition) is 3. The van der Waals surface area contributed by atoms with Gasteiger partial charge in [-0.3, -0.25) is 4.79 Å². The molecule has 1 aliphatic rings. The largest absolute Gasteiger partial charge is 0.505 e. The van der Waals surface area contributed by atoms with Gasteiger partial charge in [-0.2, -0.15) is 0 Å². The minimum Gasteiger partial charge on any atom is -0.505 e. The normalized spacial score (nSPS) is 18.1. The minimum atomic E-state index is -0.743. The van der Waals surface area contributed by atoms with Gasteiger partial charge in [0.2, 0.25) is 0 Å². The van der Waals surface area contributed by atoms with Crippen molar-refractivity contribution in [1.82, 2.24) is 0 Å². The van der Waals surface area contributed by atoms with E-state index in [4.69, 9.17) is 0 Å².